The van der Waals surface area contributed by atoms with Crippen LogP contribution in [0.1, 0.15) is 39.0 Å². The van der Waals surface area contributed by atoms with Crippen LogP contribution in [-0.2, 0) is 33.6 Å². The topological polar surface area (TPSA) is 300 Å². The maximum absolute atomic E-state index is 12.6. The van der Waals surface area contributed by atoms with Crippen LogP contribution in [0.4, 0.5) is 0 Å². The Labute approximate surface area is 194 Å². The van der Waals surface area contributed by atoms with Gasteiger partial charge in [0, 0.05) is 12.8 Å². The molecule has 16 heteroatoms. The Kier molecular flexibility index (Phi) is 12.8. The molecule has 5 unspecified atom stereocenters. The number of hydrogen-bond acceptors (Lipinski definition) is 9. The molecule has 0 saturated heterocycles. The van der Waals surface area contributed by atoms with Crippen LogP contribution in [0, 0.1) is 0 Å². The second kappa shape index (κ2) is 14.4. The largest absolute Gasteiger partial charge is 0.480 e. The molecule has 13 N–H and O–H groups in total. The number of nitrogens with two attached hydrogens (primary N) is 4. The van der Waals surface area contributed by atoms with Crippen molar-refractivity contribution in [2.45, 2.75) is 69.3 Å². The number of primary amides is 3. The molecule has 192 valence electrons. The fourth-order valence-corrected chi connectivity index (χ4v) is 2.58. The third-order valence-corrected chi connectivity index (χ3v) is 4.43. The lowest BCUT2D eigenvalue weighted by Gasteiger charge is -2.26. The number of carbonyl (C=O) groups excluding carboxylic acids is 6. The molecule has 0 aliphatic heterocycles. The van der Waals surface area contributed by atoms with E-state index in [9.17, 15) is 43.8 Å². The Morgan fingerprint density at radius 2 is 1.24 bits per heavy atom. The minimum absolute atomic E-state index is 0.146. The van der Waals surface area contributed by atoms with Crippen LogP contribution in [0.5, 0.6) is 0 Å². The maximum atomic E-state index is 12.6. The van der Waals surface area contributed by atoms with Gasteiger partial charge in [-0.3, -0.25) is 28.8 Å². The quantitative estimate of drug-likeness (QED) is 0.0990. The number of aliphatic carboxylic acids is 1. The molecule has 0 aliphatic rings. The summed E-state index contributed by atoms with van der Waals surface area (Å²) in [5.74, 6) is -7.16. The smallest absolute Gasteiger partial charge is 0.326 e. The summed E-state index contributed by atoms with van der Waals surface area (Å²) in [7, 11) is 0. The van der Waals surface area contributed by atoms with E-state index >= 15 is 0 Å². The van der Waals surface area contributed by atoms with Crippen LogP contribution in [0.2, 0.25) is 0 Å². The Morgan fingerprint density at radius 3 is 1.68 bits per heavy atom. The molecule has 6 amide bonds. The standard InChI is InChI=1S/C18H31N7O9/c1-7(26)14(17(32)23-9(18(33)34)3-5-12(21)28)25-16(31)10(6-13(22)29)24-15(30)8(19)2-4-11(20)27/h7-10,14,26H,2-6,19H2,1H3,(H2,20,27)(H2,21,28)(H2,22,29)(H,23,32)(H,24,30)(H,25,31)(H,33,34). The normalized spacial score (nSPS) is 15.0. The second-order valence-electron chi connectivity index (χ2n) is 7.47. The van der Waals surface area contributed by atoms with E-state index in [1.54, 1.807) is 0 Å². The minimum Gasteiger partial charge on any atom is -0.480 e. The molecule has 0 heterocycles. The number of carboxylic acids is 1. The zero-order chi connectivity index (χ0) is 26.6. The van der Waals surface area contributed by atoms with Crippen molar-refractivity contribution in [3.05, 3.63) is 0 Å². The summed E-state index contributed by atoms with van der Waals surface area (Å²) in [6, 6.07) is -6.13. The monoisotopic (exact) mass is 489 g/mol. The first kappa shape index (κ1) is 30.2. The Hall–Kier alpha value is -3.79. The number of hydrogen-bond donors (Lipinski definition) is 9. The van der Waals surface area contributed by atoms with Crippen molar-refractivity contribution in [2.24, 2.45) is 22.9 Å². The summed E-state index contributed by atoms with van der Waals surface area (Å²) in [6.07, 6.45) is -3.31. The molecule has 0 rings (SSSR count). The van der Waals surface area contributed by atoms with Crippen molar-refractivity contribution in [1.29, 1.82) is 0 Å². The zero-order valence-electron chi connectivity index (χ0n) is 18.5. The van der Waals surface area contributed by atoms with Crippen molar-refractivity contribution in [3.63, 3.8) is 0 Å². The van der Waals surface area contributed by atoms with E-state index < -0.39 is 78.1 Å². The molecular formula is C18H31N7O9. The van der Waals surface area contributed by atoms with E-state index in [2.05, 4.69) is 16.0 Å². The molecule has 34 heavy (non-hydrogen) atoms. The highest BCUT2D eigenvalue weighted by Gasteiger charge is 2.33. The predicted molar refractivity (Wildman–Crippen MR) is 114 cm³/mol. The first-order chi connectivity index (χ1) is 15.6. The molecule has 0 spiro atoms. The lowest BCUT2D eigenvalue weighted by atomic mass is 10.1. The molecule has 0 aromatic rings. The number of carbonyl (C=O) groups is 7. The lowest BCUT2D eigenvalue weighted by molar-refractivity contribution is -0.143. The first-order valence-electron chi connectivity index (χ1n) is 10.1. The lowest BCUT2D eigenvalue weighted by Crippen LogP contribution is -2.60. The van der Waals surface area contributed by atoms with Crippen LogP contribution in [0.3, 0.4) is 0 Å². The summed E-state index contributed by atoms with van der Waals surface area (Å²) >= 11 is 0. The molecule has 5 atom stereocenters. The SMILES string of the molecule is CC(O)C(NC(=O)C(CC(N)=O)NC(=O)C(N)CCC(N)=O)C(=O)NC(CCC(N)=O)C(=O)O. The third-order valence-electron chi connectivity index (χ3n) is 4.43. The summed E-state index contributed by atoms with van der Waals surface area (Å²) < 4.78 is 0. The van der Waals surface area contributed by atoms with Crippen LogP contribution >= 0.6 is 0 Å². The van der Waals surface area contributed by atoms with Crippen LogP contribution in [-0.4, -0.2) is 81.9 Å². The van der Waals surface area contributed by atoms with Gasteiger partial charge in [-0.15, -0.1) is 0 Å². The molecule has 0 aliphatic carbocycles. The molecule has 0 radical (unpaired) electrons. The van der Waals surface area contributed by atoms with Crippen LogP contribution < -0.4 is 38.9 Å². The predicted octanol–water partition coefficient (Wildman–Crippen LogP) is -5.36. The average molecular weight is 489 g/mol. The average Bonchev–Trinajstić information content (AvgIpc) is 2.71. The number of aliphatic hydroxyl groups is 1. The molecule has 0 aromatic heterocycles. The van der Waals surface area contributed by atoms with Crippen LogP contribution in [0.15, 0.2) is 0 Å². The maximum Gasteiger partial charge on any atom is 0.326 e. The van der Waals surface area contributed by atoms with E-state index in [1.807, 2.05) is 0 Å². The fourth-order valence-electron chi connectivity index (χ4n) is 2.58. The fraction of sp³-hybridized carbons (Fsp3) is 0.611. The van der Waals surface area contributed by atoms with E-state index in [0.29, 0.717) is 0 Å². The zero-order valence-corrected chi connectivity index (χ0v) is 18.5. The van der Waals surface area contributed by atoms with Gasteiger partial charge < -0.3 is 49.1 Å². The van der Waals surface area contributed by atoms with Crippen molar-refractivity contribution in [1.82, 2.24) is 16.0 Å². The molecule has 0 aromatic carbocycles. The highest BCUT2D eigenvalue weighted by atomic mass is 16.4. The molecule has 16 nitrogen and oxygen atoms in total. The van der Waals surface area contributed by atoms with Gasteiger partial charge in [0.15, 0.2) is 0 Å². The summed E-state index contributed by atoms with van der Waals surface area (Å²) in [5, 5.41) is 25.4. The first-order valence-corrected chi connectivity index (χ1v) is 10.1. The summed E-state index contributed by atoms with van der Waals surface area (Å²) in [6.45, 7) is 1.12. The summed E-state index contributed by atoms with van der Waals surface area (Å²) in [5.41, 5.74) is 20.7. The number of rotatable bonds is 16. The Bertz CT molecular complexity index is 803. The highest BCUT2D eigenvalue weighted by molar-refractivity contribution is 5.96. The molecular weight excluding hydrogens is 458 g/mol. The molecule has 0 fully saturated rings. The minimum atomic E-state index is -1.71. The van der Waals surface area contributed by atoms with Crippen molar-refractivity contribution < 1.29 is 43.8 Å². The molecule has 0 saturated carbocycles. The van der Waals surface area contributed by atoms with Gasteiger partial charge in [-0.1, -0.05) is 0 Å². The van der Waals surface area contributed by atoms with Gasteiger partial charge in [-0.2, -0.15) is 0 Å². The Morgan fingerprint density at radius 1 is 0.735 bits per heavy atom. The van der Waals surface area contributed by atoms with Crippen molar-refractivity contribution in [2.75, 3.05) is 0 Å². The second-order valence-corrected chi connectivity index (χ2v) is 7.47. The highest BCUT2D eigenvalue weighted by Crippen LogP contribution is 2.03. The molecule has 0 bridgehead atoms. The van der Waals surface area contributed by atoms with Gasteiger partial charge in [0.25, 0.3) is 0 Å². The Balaban J connectivity index is 5.42. The van der Waals surface area contributed by atoms with E-state index in [1.165, 1.54) is 0 Å². The van der Waals surface area contributed by atoms with Gasteiger partial charge in [-0.25, -0.2) is 4.79 Å². The van der Waals surface area contributed by atoms with Gasteiger partial charge >= 0.3 is 5.97 Å². The van der Waals surface area contributed by atoms with Crippen LogP contribution in [0.25, 0.3) is 0 Å². The number of aliphatic hydroxyl groups excluding tert-OH is 1. The van der Waals surface area contributed by atoms with Gasteiger partial charge in [-0.05, 0) is 19.8 Å². The van der Waals surface area contributed by atoms with Gasteiger partial charge in [0.2, 0.25) is 35.4 Å². The van der Waals surface area contributed by atoms with Crippen molar-refractivity contribution >= 4 is 41.4 Å². The number of amides is 6. The number of carboxylic acid groups (broad SMARTS) is 1. The third kappa shape index (κ3) is 11.7. The summed E-state index contributed by atoms with van der Waals surface area (Å²) in [4.78, 5) is 81.7. The number of nitrogens with one attached hydrogen (secondary N) is 3. The van der Waals surface area contributed by atoms with Gasteiger partial charge in [0.05, 0.1) is 18.6 Å². The van der Waals surface area contributed by atoms with Crippen molar-refractivity contribution in [3.8, 4) is 0 Å². The van der Waals surface area contributed by atoms with E-state index in [4.69, 9.17) is 22.9 Å². The van der Waals surface area contributed by atoms with E-state index in [-0.39, 0.29) is 25.7 Å². The van der Waals surface area contributed by atoms with E-state index in [0.717, 1.165) is 6.92 Å². The van der Waals surface area contributed by atoms with Gasteiger partial charge in [0.1, 0.15) is 18.1 Å².